The number of hydrogen-bond donors (Lipinski definition) is 0. The van der Waals surface area contributed by atoms with E-state index >= 15 is 0 Å². The van der Waals surface area contributed by atoms with E-state index in [0.717, 1.165) is 22.6 Å². The van der Waals surface area contributed by atoms with E-state index in [4.69, 9.17) is 0 Å². The van der Waals surface area contributed by atoms with E-state index in [9.17, 15) is 0 Å². The van der Waals surface area contributed by atoms with Crippen molar-refractivity contribution in [2.75, 3.05) is 4.90 Å². The molecule has 0 aliphatic heterocycles. The van der Waals surface area contributed by atoms with Gasteiger partial charge in [-0.2, -0.15) is 0 Å². The lowest BCUT2D eigenvalue weighted by atomic mass is 9.70. The molecule has 1 spiro atoms. The molecule has 2 aliphatic carbocycles. The summed E-state index contributed by atoms with van der Waals surface area (Å²) >= 11 is 0. The summed E-state index contributed by atoms with van der Waals surface area (Å²) in [6, 6.07) is 102. The zero-order chi connectivity index (χ0) is 47.3. The van der Waals surface area contributed by atoms with E-state index in [2.05, 4.69) is 278 Å². The Labute approximate surface area is 419 Å². The summed E-state index contributed by atoms with van der Waals surface area (Å²) in [5.41, 5.74) is 20.3. The molecule has 0 amide bonds. The molecule has 0 aromatic heterocycles. The SMILES string of the molecule is c1ccc(-c2ccc(N(c3ccc4c5ccccc5c5ccccc5c4c3)c3cc4c(cc3-c3ccc(-c5ccc6ccccc6c5)cc3)-c3ccccc3C43c4ccccc4-c4ccccc43)cc2)cc1. The van der Waals surface area contributed by atoms with E-state index in [1.54, 1.807) is 0 Å². The van der Waals surface area contributed by atoms with Gasteiger partial charge in [0.1, 0.15) is 0 Å². The number of fused-ring (bicyclic) bond motifs is 17. The topological polar surface area (TPSA) is 3.24 Å². The summed E-state index contributed by atoms with van der Waals surface area (Å²) in [6.45, 7) is 0. The molecule has 2 aliphatic rings. The van der Waals surface area contributed by atoms with Crippen molar-refractivity contribution in [2.24, 2.45) is 0 Å². The summed E-state index contributed by atoms with van der Waals surface area (Å²) in [6.07, 6.45) is 0. The van der Waals surface area contributed by atoms with Crippen LogP contribution in [0.2, 0.25) is 0 Å². The summed E-state index contributed by atoms with van der Waals surface area (Å²) in [5, 5.41) is 10.0. The van der Waals surface area contributed by atoms with Gasteiger partial charge in [-0.05, 0) is 158 Å². The van der Waals surface area contributed by atoms with Gasteiger partial charge in [0.15, 0.2) is 0 Å². The van der Waals surface area contributed by atoms with E-state index < -0.39 is 5.41 Å². The summed E-state index contributed by atoms with van der Waals surface area (Å²) in [5.74, 6) is 0. The van der Waals surface area contributed by atoms with Crippen molar-refractivity contribution in [2.45, 2.75) is 5.41 Å². The van der Waals surface area contributed by atoms with E-state index in [1.165, 1.54) is 115 Å². The number of hydrogen-bond acceptors (Lipinski definition) is 1. The lowest BCUT2D eigenvalue weighted by Crippen LogP contribution is -2.26. The first-order chi connectivity index (χ1) is 35.7. The Morgan fingerprint density at radius 2 is 0.667 bits per heavy atom. The van der Waals surface area contributed by atoms with Crippen LogP contribution in [0, 0.1) is 0 Å². The second-order valence-corrected chi connectivity index (χ2v) is 19.5. The molecule has 0 saturated carbocycles. The Bertz CT molecular complexity index is 4240. The Kier molecular flexibility index (Phi) is 8.94. The Balaban J connectivity index is 1.03. The number of nitrogens with zero attached hydrogens (tertiary/aromatic N) is 1. The average Bonchev–Trinajstić information content (AvgIpc) is 3.93. The van der Waals surface area contributed by atoms with Gasteiger partial charge in [-0.1, -0.05) is 231 Å². The van der Waals surface area contributed by atoms with E-state index in [0.29, 0.717) is 0 Å². The first-order valence-corrected chi connectivity index (χ1v) is 25.1. The van der Waals surface area contributed by atoms with Crippen LogP contribution in [0.15, 0.2) is 273 Å². The third-order valence-electron chi connectivity index (χ3n) is 15.9. The monoisotopic (exact) mass is 911 g/mol. The molecule has 0 fully saturated rings. The van der Waals surface area contributed by atoms with Crippen LogP contribution in [-0.2, 0) is 5.41 Å². The fourth-order valence-electron chi connectivity index (χ4n) is 12.6. The maximum absolute atomic E-state index is 2.56. The van der Waals surface area contributed by atoms with E-state index in [1.807, 2.05) is 0 Å². The molecule has 13 aromatic carbocycles. The molecule has 0 atom stereocenters. The maximum Gasteiger partial charge on any atom is 0.0726 e. The minimum atomic E-state index is -0.520. The quantitative estimate of drug-likeness (QED) is 0.150. The smallest absolute Gasteiger partial charge is 0.0726 e. The normalized spacial score (nSPS) is 12.8. The van der Waals surface area contributed by atoms with Crippen molar-refractivity contribution in [1.82, 2.24) is 0 Å². The molecule has 0 N–H and O–H groups in total. The highest BCUT2D eigenvalue weighted by Gasteiger charge is 2.52. The molecule has 0 saturated heterocycles. The van der Waals surface area contributed by atoms with Crippen LogP contribution >= 0.6 is 0 Å². The van der Waals surface area contributed by atoms with Crippen LogP contribution in [0.25, 0.3) is 98.7 Å². The number of anilines is 3. The minimum absolute atomic E-state index is 0.520. The molecule has 72 heavy (non-hydrogen) atoms. The summed E-state index contributed by atoms with van der Waals surface area (Å²) in [4.78, 5) is 2.54. The lowest BCUT2D eigenvalue weighted by Gasteiger charge is -2.33. The molecule has 15 rings (SSSR count). The van der Waals surface area contributed by atoms with Crippen LogP contribution in [0.5, 0.6) is 0 Å². The highest BCUT2D eigenvalue weighted by atomic mass is 15.1. The van der Waals surface area contributed by atoms with Gasteiger partial charge in [0.25, 0.3) is 0 Å². The number of rotatable bonds is 6. The predicted octanol–water partition coefficient (Wildman–Crippen LogP) is 19.1. The van der Waals surface area contributed by atoms with Gasteiger partial charge in [0.2, 0.25) is 0 Å². The molecular formula is C71H45N. The second-order valence-electron chi connectivity index (χ2n) is 19.5. The van der Waals surface area contributed by atoms with Crippen LogP contribution in [0.3, 0.4) is 0 Å². The fraction of sp³-hybridized carbons (Fsp3) is 0.0141. The van der Waals surface area contributed by atoms with Crippen molar-refractivity contribution < 1.29 is 0 Å². The molecule has 0 heterocycles. The van der Waals surface area contributed by atoms with Crippen LogP contribution in [0.1, 0.15) is 22.3 Å². The average molecular weight is 912 g/mol. The standard InChI is InChI=1S/C71H45N/c1-2-16-46(17-3-1)48-36-38-53(39-37-48)72(54-40-41-59-57-22-7-6-20-55(57)56-21-8-9-23-58(56)64(59)43-54)70-45-69-65(44-63(70)50-33-30-49(31-34-50)52-35-32-47-18-4-5-19-51(47)42-52)62-26-12-15-29-68(62)71(69)66-27-13-10-24-60(66)61-25-11-14-28-67(61)71/h1-45H. The van der Waals surface area contributed by atoms with E-state index in [-0.39, 0.29) is 0 Å². The first-order valence-electron chi connectivity index (χ1n) is 25.1. The van der Waals surface area contributed by atoms with Crippen LogP contribution in [0.4, 0.5) is 17.1 Å². The van der Waals surface area contributed by atoms with Crippen molar-refractivity contribution in [1.29, 1.82) is 0 Å². The highest BCUT2D eigenvalue weighted by molar-refractivity contribution is 6.26. The molecule has 334 valence electrons. The fourth-order valence-corrected chi connectivity index (χ4v) is 12.6. The molecule has 1 nitrogen and oxygen atoms in total. The minimum Gasteiger partial charge on any atom is -0.310 e. The van der Waals surface area contributed by atoms with Gasteiger partial charge in [-0.3, -0.25) is 0 Å². The third-order valence-corrected chi connectivity index (χ3v) is 15.9. The Morgan fingerprint density at radius 1 is 0.222 bits per heavy atom. The summed E-state index contributed by atoms with van der Waals surface area (Å²) < 4.78 is 0. The van der Waals surface area contributed by atoms with Gasteiger partial charge in [-0.25, -0.2) is 0 Å². The molecule has 1 heteroatoms. The maximum atomic E-state index is 2.56. The van der Waals surface area contributed by atoms with Crippen molar-refractivity contribution in [3.63, 3.8) is 0 Å². The predicted molar refractivity (Wildman–Crippen MR) is 304 cm³/mol. The molecule has 0 radical (unpaired) electrons. The largest absolute Gasteiger partial charge is 0.310 e. The molecule has 0 bridgehead atoms. The zero-order valence-corrected chi connectivity index (χ0v) is 39.4. The van der Waals surface area contributed by atoms with Gasteiger partial charge in [0.05, 0.1) is 11.1 Å². The summed E-state index contributed by atoms with van der Waals surface area (Å²) in [7, 11) is 0. The van der Waals surface area contributed by atoms with Crippen molar-refractivity contribution in [3.8, 4) is 55.6 Å². The second kappa shape index (κ2) is 15.9. The zero-order valence-electron chi connectivity index (χ0n) is 39.4. The molecule has 0 unspecified atom stereocenters. The lowest BCUT2D eigenvalue weighted by molar-refractivity contribution is 0.794. The highest BCUT2D eigenvalue weighted by Crippen LogP contribution is 2.64. The van der Waals surface area contributed by atoms with Crippen LogP contribution in [-0.4, -0.2) is 0 Å². The van der Waals surface area contributed by atoms with Gasteiger partial charge in [-0.15, -0.1) is 0 Å². The first kappa shape index (κ1) is 40.6. The van der Waals surface area contributed by atoms with Crippen LogP contribution < -0.4 is 4.90 Å². The Morgan fingerprint density at radius 3 is 1.31 bits per heavy atom. The van der Waals surface area contributed by atoms with Gasteiger partial charge < -0.3 is 4.90 Å². The van der Waals surface area contributed by atoms with Gasteiger partial charge in [0, 0.05) is 16.9 Å². The van der Waals surface area contributed by atoms with Crippen molar-refractivity contribution >= 4 is 60.2 Å². The molecular weight excluding hydrogens is 867 g/mol. The molecule has 13 aromatic rings. The van der Waals surface area contributed by atoms with Gasteiger partial charge >= 0.3 is 0 Å². The van der Waals surface area contributed by atoms with Crippen molar-refractivity contribution in [3.05, 3.63) is 295 Å². The Hall–Kier alpha value is -9.30. The third kappa shape index (κ3) is 5.95. The number of benzene rings is 13.